The van der Waals surface area contributed by atoms with Gasteiger partial charge in [-0.25, -0.2) is 0 Å². The third-order valence-corrected chi connectivity index (χ3v) is 6.94. The van der Waals surface area contributed by atoms with Crippen molar-refractivity contribution in [2.45, 2.75) is 37.9 Å². The maximum Gasteiger partial charge on any atom is 0.0510 e. The maximum absolute atomic E-state index is 10.0. The Bertz CT molecular complexity index is 755. The summed E-state index contributed by atoms with van der Waals surface area (Å²) in [5.74, 6) is 1.02. The average Bonchev–Trinajstić information content (AvgIpc) is 2.94. The highest BCUT2D eigenvalue weighted by Gasteiger charge is 2.57. The molecule has 4 heteroatoms. The highest BCUT2D eigenvalue weighted by atomic mass is 16.3. The molecule has 1 aromatic carbocycles. The zero-order valence-electron chi connectivity index (χ0n) is 13.4. The number of aromatic amines is 1. The Morgan fingerprint density at radius 1 is 1.17 bits per heavy atom. The Labute approximate surface area is 136 Å². The first-order valence-electron chi connectivity index (χ1n) is 8.83. The molecule has 0 amide bonds. The van der Waals surface area contributed by atoms with Crippen LogP contribution in [0.1, 0.15) is 30.6 Å². The number of aromatic nitrogens is 1. The minimum atomic E-state index is 0.234. The first kappa shape index (κ1) is 14.0. The van der Waals surface area contributed by atoms with Crippen molar-refractivity contribution >= 4 is 10.9 Å². The molecule has 4 bridgehead atoms. The topological polar surface area (TPSA) is 59.5 Å². The van der Waals surface area contributed by atoms with E-state index in [1.807, 2.05) is 0 Å². The number of nitrogens with one attached hydrogen (secondary N) is 1. The smallest absolute Gasteiger partial charge is 0.0510 e. The zero-order valence-corrected chi connectivity index (χ0v) is 13.4. The second-order valence-electron chi connectivity index (χ2n) is 7.63. The quantitative estimate of drug-likeness (QED) is 0.796. The van der Waals surface area contributed by atoms with E-state index in [2.05, 4.69) is 41.1 Å². The fourth-order valence-corrected chi connectivity index (χ4v) is 5.95. The van der Waals surface area contributed by atoms with E-state index in [1.165, 1.54) is 22.2 Å². The Balaban J connectivity index is 1.68. The maximum atomic E-state index is 10.0. The summed E-state index contributed by atoms with van der Waals surface area (Å²) >= 11 is 0. The molecule has 2 aromatic rings. The van der Waals surface area contributed by atoms with Gasteiger partial charge in [-0.15, -0.1) is 0 Å². The largest absolute Gasteiger partial charge is 0.396 e. The summed E-state index contributed by atoms with van der Waals surface area (Å²) in [6, 6.07) is 9.79. The summed E-state index contributed by atoms with van der Waals surface area (Å²) in [6.45, 7) is 2.73. The number of piperidine rings is 3. The summed E-state index contributed by atoms with van der Waals surface area (Å²) in [5, 5.41) is 21.2. The van der Waals surface area contributed by atoms with E-state index in [0.29, 0.717) is 35.9 Å². The van der Waals surface area contributed by atoms with Gasteiger partial charge in [-0.1, -0.05) is 18.2 Å². The Morgan fingerprint density at radius 2 is 1.96 bits per heavy atom. The number of hydrogen-bond acceptors (Lipinski definition) is 3. The number of aliphatic hydroxyl groups excluding tert-OH is 2. The summed E-state index contributed by atoms with van der Waals surface area (Å²) in [4.78, 5) is 6.27. The third kappa shape index (κ3) is 1.66. The van der Waals surface area contributed by atoms with Gasteiger partial charge in [0.2, 0.25) is 0 Å². The van der Waals surface area contributed by atoms with E-state index in [4.69, 9.17) is 0 Å². The van der Waals surface area contributed by atoms with Crippen molar-refractivity contribution < 1.29 is 10.2 Å². The molecule has 23 heavy (non-hydrogen) atoms. The number of para-hydroxylation sites is 1. The number of nitrogens with zero attached hydrogens (tertiary/aromatic N) is 1. The first-order chi connectivity index (χ1) is 11.2. The van der Waals surface area contributed by atoms with Crippen LogP contribution in [-0.4, -0.2) is 45.4 Å². The van der Waals surface area contributed by atoms with Gasteiger partial charge in [-0.05, 0) is 37.3 Å². The van der Waals surface area contributed by atoms with Crippen molar-refractivity contribution in [3.63, 3.8) is 0 Å². The molecule has 0 spiro atoms. The molecule has 1 aromatic heterocycles. The van der Waals surface area contributed by atoms with Gasteiger partial charge in [-0.3, -0.25) is 4.90 Å². The normalized spacial score (nSPS) is 41.3. The van der Waals surface area contributed by atoms with Crippen molar-refractivity contribution in [2.24, 2.45) is 17.8 Å². The van der Waals surface area contributed by atoms with Gasteiger partial charge in [0.25, 0.3) is 0 Å². The first-order valence-corrected chi connectivity index (χ1v) is 8.83. The van der Waals surface area contributed by atoms with E-state index < -0.39 is 0 Å². The summed E-state index contributed by atoms with van der Waals surface area (Å²) in [7, 11) is 0. The fourth-order valence-electron chi connectivity index (χ4n) is 5.95. The van der Waals surface area contributed by atoms with Crippen molar-refractivity contribution in [3.8, 4) is 0 Å². The van der Waals surface area contributed by atoms with Crippen LogP contribution >= 0.6 is 0 Å². The number of aliphatic hydroxyl groups is 2. The minimum absolute atomic E-state index is 0.234. The average molecular weight is 312 g/mol. The number of H-pyrrole nitrogens is 1. The van der Waals surface area contributed by atoms with Gasteiger partial charge in [0.05, 0.1) is 6.04 Å². The van der Waals surface area contributed by atoms with Crippen molar-refractivity contribution in [3.05, 3.63) is 35.5 Å². The molecule has 4 aliphatic rings. The van der Waals surface area contributed by atoms with Crippen LogP contribution in [0.3, 0.4) is 0 Å². The highest BCUT2D eigenvalue weighted by molar-refractivity contribution is 5.85. The molecule has 3 fully saturated rings. The molecular weight excluding hydrogens is 288 g/mol. The lowest BCUT2D eigenvalue weighted by molar-refractivity contribution is -0.154. The van der Waals surface area contributed by atoms with Crippen molar-refractivity contribution in [1.29, 1.82) is 0 Å². The van der Waals surface area contributed by atoms with Crippen molar-refractivity contribution in [2.75, 3.05) is 13.2 Å². The molecule has 5 heterocycles. The lowest BCUT2D eigenvalue weighted by Crippen LogP contribution is -2.67. The molecule has 122 valence electrons. The molecule has 6 rings (SSSR count). The molecule has 7 atom stereocenters. The molecule has 4 aliphatic heterocycles. The van der Waals surface area contributed by atoms with Gasteiger partial charge < -0.3 is 15.2 Å². The predicted octanol–water partition coefficient (Wildman–Crippen LogP) is 2.07. The van der Waals surface area contributed by atoms with Crippen molar-refractivity contribution in [1.82, 2.24) is 9.88 Å². The third-order valence-electron chi connectivity index (χ3n) is 6.94. The summed E-state index contributed by atoms with van der Waals surface area (Å²) < 4.78 is 0. The van der Waals surface area contributed by atoms with Crippen LogP contribution in [0.4, 0.5) is 0 Å². The van der Waals surface area contributed by atoms with Crippen LogP contribution < -0.4 is 0 Å². The molecule has 3 saturated heterocycles. The Morgan fingerprint density at radius 3 is 2.74 bits per heavy atom. The number of rotatable bonds is 2. The number of benzene rings is 1. The van der Waals surface area contributed by atoms with Gasteiger partial charge in [-0.2, -0.15) is 0 Å². The van der Waals surface area contributed by atoms with E-state index in [1.54, 1.807) is 0 Å². The second kappa shape index (κ2) is 4.82. The monoisotopic (exact) mass is 312 g/mol. The Hall–Kier alpha value is -1.36. The lowest BCUT2D eigenvalue weighted by Gasteiger charge is -2.63. The van der Waals surface area contributed by atoms with Crippen LogP contribution in [0, 0.1) is 17.8 Å². The molecule has 3 N–H and O–H groups in total. The second-order valence-corrected chi connectivity index (χ2v) is 7.63. The lowest BCUT2D eigenvalue weighted by atomic mass is 9.60. The van der Waals surface area contributed by atoms with Crippen LogP contribution in [0.25, 0.3) is 10.9 Å². The SMILES string of the molecule is C[C@H]1[C@H](CO)[C@H]2C[C@H]3c4[nH]c5ccccc5c4C[C@@H](C2CO)N31. The van der Waals surface area contributed by atoms with Crippen LogP contribution in [-0.2, 0) is 6.42 Å². The molecule has 4 nitrogen and oxygen atoms in total. The summed E-state index contributed by atoms with van der Waals surface area (Å²) in [5.41, 5.74) is 4.07. The van der Waals surface area contributed by atoms with Gasteiger partial charge in [0.1, 0.15) is 0 Å². The van der Waals surface area contributed by atoms with Gasteiger partial charge >= 0.3 is 0 Å². The van der Waals surface area contributed by atoms with E-state index in [-0.39, 0.29) is 13.2 Å². The van der Waals surface area contributed by atoms with Crippen LogP contribution in [0.5, 0.6) is 0 Å². The fraction of sp³-hybridized carbons (Fsp3) is 0.579. The molecule has 0 saturated carbocycles. The van der Waals surface area contributed by atoms with E-state index >= 15 is 0 Å². The number of fused-ring (bicyclic) bond motifs is 4. The Kier molecular flexibility index (Phi) is 2.94. The molecule has 0 aliphatic carbocycles. The highest BCUT2D eigenvalue weighted by Crippen LogP contribution is 2.56. The summed E-state index contributed by atoms with van der Waals surface area (Å²) in [6.07, 6.45) is 2.07. The van der Waals surface area contributed by atoms with Crippen LogP contribution in [0.2, 0.25) is 0 Å². The predicted molar refractivity (Wildman–Crippen MR) is 89.1 cm³/mol. The van der Waals surface area contributed by atoms with Gasteiger partial charge in [0.15, 0.2) is 0 Å². The molecule has 0 radical (unpaired) electrons. The molecule has 2 unspecified atom stereocenters. The number of hydrogen-bond donors (Lipinski definition) is 3. The van der Waals surface area contributed by atoms with E-state index in [0.717, 1.165) is 12.8 Å². The standard InChI is InChI=1S/C19H24N2O2/c1-10-14(8-22)12-6-18-19-13(7-17(21(10)18)15(12)9-23)11-4-2-3-5-16(11)20-19/h2-5,10,12,14-15,17-18,20,22-23H,6-9H2,1H3/t10-,12+,14-,15?,17-,18-/m0/s1. The zero-order chi connectivity index (χ0) is 15.7. The van der Waals surface area contributed by atoms with E-state index in [9.17, 15) is 10.2 Å². The van der Waals surface area contributed by atoms with Crippen LogP contribution in [0.15, 0.2) is 24.3 Å². The minimum Gasteiger partial charge on any atom is -0.396 e. The molecular formula is C19H24N2O2. The van der Waals surface area contributed by atoms with Gasteiger partial charge in [0, 0.05) is 53.7 Å².